The van der Waals surface area contributed by atoms with E-state index in [1.165, 1.54) is 4.90 Å². The molecule has 0 saturated carbocycles. The molecule has 0 aliphatic carbocycles. The monoisotopic (exact) mass is 222 g/mol. The van der Waals surface area contributed by atoms with Gasteiger partial charge in [-0.25, -0.2) is 5.84 Å². The van der Waals surface area contributed by atoms with Crippen molar-refractivity contribution < 1.29 is 4.52 Å². The second-order valence-corrected chi connectivity index (χ2v) is 3.81. The number of hydrazine groups is 1. The summed E-state index contributed by atoms with van der Waals surface area (Å²) in [6.45, 7) is 0. The van der Waals surface area contributed by atoms with Gasteiger partial charge < -0.3 is 4.52 Å². The number of thioether (sulfide) groups is 1. The number of nitrogen functional groups attached to an aromatic ring is 1. The maximum atomic E-state index is 5.12. The molecule has 0 aliphatic rings. The Bertz CT molecular complexity index is 417. The molecule has 3 N–H and O–H groups in total. The highest BCUT2D eigenvalue weighted by Crippen LogP contribution is 2.21. The van der Waals surface area contributed by atoms with Crippen LogP contribution in [0, 0.1) is 0 Å². The summed E-state index contributed by atoms with van der Waals surface area (Å²) in [5.41, 5.74) is 2.30. The molecule has 0 atom stereocenters. The largest absolute Gasteiger partial charge is 0.335 e. The Morgan fingerprint density at radius 1 is 1.33 bits per heavy atom. The first-order chi connectivity index (χ1) is 7.38. The predicted molar refractivity (Wildman–Crippen MR) is 58.1 cm³/mol. The summed E-state index contributed by atoms with van der Waals surface area (Å²) in [7, 11) is 0. The molecule has 0 saturated heterocycles. The molecule has 0 amide bonds. The highest BCUT2D eigenvalue weighted by molar-refractivity contribution is 7.98. The normalized spacial score (nSPS) is 10.2. The smallest absolute Gasteiger partial charge is 0.314 e. The van der Waals surface area contributed by atoms with Crippen molar-refractivity contribution in [1.29, 1.82) is 0 Å². The van der Waals surface area contributed by atoms with Crippen molar-refractivity contribution in [3.8, 4) is 0 Å². The molecule has 1 heterocycles. The van der Waals surface area contributed by atoms with Crippen LogP contribution in [-0.2, 0) is 5.75 Å². The van der Waals surface area contributed by atoms with Gasteiger partial charge in [-0.3, -0.25) is 5.43 Å². The minimum absolute atomic E-state index is 0.235. The van der Waals surface area contributed by atoms with Gasteiger partial charge in [-0.2, -0.15) is 4.98 Å². The summed E-state index contributed by atoms with van der Waals surface area (Å²) in [6, 6.07) is 10.3. The summed E-state index contributed by atoms with van der Waals surface area (Å²) in [5.74, 6) is 6.40. The van der Waals surface area contributed by atoms with Gasteiger partial charge in [0.05, 0.1) is 5.75 Å². The zero-order valence-corrected chi connectivity index (χ0v) is 8.70. The molecule has 0 bridgehead atoms. The Hall–Kier alpha value is -1.53. The van der Waals surface area contributed by atoms with Crippen molar-refractivity contribution in [1.82, 2.24) is 10.1 Å². The standard InChI is InChI=1S/C9H10N4OS/c10-12-9-11-8(13-14-9)6-15-7-4-2-1-3-5-7/h1-5H,6,10H2,(H,11,12,13). The molecule has 5 nitrogen and oxygen atoms in total. The lowest BCUT2D eigenvalue weighted by Gasteiger charge is -1.95. The highest BCUT2D eigenvalue weighted by Gasteiger charge is 2.04. The lowest BCUT2D eigenvalue weighted by atomic mass is 10.4. The van der Waals surface area contributed by atoms with Crippen molar-refractivity contribution in [3.05, 3.63) is 36.2 Å². The fraction of sp³-hybridized carbons (Fsp3) is 0.111. The quantitative estimate of drug-likeness (QED) is 0.465. The third kappa shape index (κ3) is 2.71. The third-order valence-electron chi connectivity index (χ3n) is 1.70. The maximum Gasteiger partial charge on any atom is 0.335 e. The van der Waals surface area contributed by atoms with Crippen LogP contribution in [0.15, 0.2) is 39.8 Å². The van der Waals surface area contributed by atoms with E-state index in [0.29, 0.717) is 11.6 Å². The van der Waals surface area contributed by atoms with Crippen molar-refractivity contribution >= 4 is 17.8 Å². The van der Waals surface area contributed by atoms with E-state index >= 15 is 0 Å². The van der Waals surface area contributed by atoms with Crippen LogP contribution in [-0.4, -0.2) is 10.1 Å². The van der Waals surface area contributed by atoms with E-state index in [2.05, 4.69) is 15.6 Å². The van der Waals surface area contributed by atoms with Gasteiger partial charge in [0.15, 0.2) is 5.82 Å². The van der Waals surface area contributed by atoms with Gasteiger partial charge in [0.2, 0.25) is 0 Å². The van der Waals surface area contributed by atoms with Crippen molar-refractivity contribution in [2.75, 3.05) is 5.43 Å². The molecular weight excluding hydrogens is 212 g/mol. The van der Waals surface area contributed by atoms with Gasteiger partial charge in [0.25, 0.3) is 0 Å². The van der Waals surface area contributed by atoms with Gasteiger partial charge in [0.1, 0.15) is 0 Å². The van der Waals surface area contributed by atoms with E-state index < -0.39 is 0 Å². The number of hydrogen-bond donors (Lipinski definition) is 2. The third-order valence-corrected chi connectivity index (χ3v) is 2.71. The lowest BCUT2D eigenvalue weighted by Crippen LogP contribution is -2.06. The Morgan fingerprint density at radius 2 is 2.13 bits per heavy atom. The number of anilines is 1. The average Bonchev–Trinajstić information content (AvgIpc) is 2.76. The molecule has 15 heavy (non-hydrogen) atoms. The van der Waals surface area contributed by atoms with Crippen LogP contribution in [0.25, 0.3) is 0 Å². The van der Waals surface area contributed by atoms with Crippen molar-refractivity contribution in [2.24, 2.45) is 5.84 Å². The van der Waals surface area contributed by atoms with Crippen molar-refractivity contribution in [3.63, 3.8) is 0 Å². The SMILES string of the molecule is NNc1nc(CSc2ccccc2)no1. The van der Waals surface area contributed by atoms with Crippen LogP contribution < -0.4 is 11.3 Å². The number of nitrogens with one attached hydrogen (secondary N) is 1. The Kier molecular flexibility index (Phi) is 3.21. The first kappa shape index (κ1) is 10.0. The number of nitrogens with two attached hydrogens (primary N) is 1. The van der Waals surface area contributed by atoms with Gasteiger partial charge in [-0.1, -0.05) is 23.4 Å². The fourth-order valence-electron chi connectivity index (χ4n) is 1.04. The highest BCUT2D eigenvalue weighted by atomic mass is 32.2. The number of nitrogens with zero attached hydrogens (tertiary/aromatic N) is 2. The van der Waals surface area contributed by atoms with E-state index in [0.717, 1.165) is 0 Å². The molecule has 1 aromatic heterocycles. The minimum Gasteiger partial charge on any atom is -0.314 e. The Labute approximate surface area is 91.0 Å². The summed E-state index contributed by atoms with van der Waals surface area (Å²) in [4.78, 5) is 5.18. The Balaban J connectivity index is 1.93. The maximum absolute atomic E-state index is 5.12. The van der Waals surface area contributed by atoms with Crippen LogP contribution in [0.4, 0.5) is 6.01 Å². The number of benzene rings is 1. The van der Waals surface area contributed by atoms with Crippen molar-refractivity contribution in [2.45, 2.75) is 10.6 Å². The minimum atomic E-state index is 0.235. The zero-order valence-electron chi connectivity index (χ0n) is 7.88. The first-order valence-electron chi connectivity index (χ1n) is 4.35. The summed E-state index contributed by atoms with van der Waals surface area (Å²) >= 11 is 1.64. The molecule has 0 radical (unpaired) electrons. The molecule has 0 fully saturated rings. The molecule has 0 spiro atoms. The van der Waals surface area contributed by atoms with E-state index in [-0.39, 0.29) is 6.01 Å². The van der Waals surface area contributed by atoms with E-state index in [1.807, 2.05) is 30.3 Å². The molecule has 1 aromatic carbocycles. The fourth-order valence-corrected chi connectivity index (χ4v) is 1.80. The van der Waals surface area contributed by atoms with Crippen LogP contribution >= 0.6 is 11.8 Å². The molecular formula is C9H10N4OS. The van der Waals surface area contributed by atoms with Crippen LogP contribution in [0.3, 0.4) is 0 Å². The number of rotatable bonds is 4. The second-order valence-electron chi connectivity index (χ2n) is 2.76. The predicted octanol–water partition coefficient (Wildman–Crippen LogP) is 1.65. The van der Waals surface area contributed by atoms with E-state index in [4.69, 9.17) is 10.4 Å². The van der Waals surface area contributed by atoms with Gasteiger partial charge in [-0.15, -0.1) is 11.8 Å². The molecule has 78 valence electrons. The zero-order chi connectivity index (χ0) is 10.5. The number of aromatic nitrogens is 2. The summed E-state index contributed by atoms with van der Waals surface area (Å²) in [5, 5.41) is 3.75. The van der Waals surface area contributed by atoms with E-state index in [9.17, 15) is 0 Å². The topological polar surface area (TPSA) is 77.0 Å². The second kappa shape index (κ2) is 4.81. The van der Waals surface area contributed by atoms with Gasteiger partial charge in [0, 0.05) is 4.90 Å². The van der Waals surface area contributed by atoms with Crippen LogP contribution in [0.5, 0.6) is 0 Å². The van der Waals surface area contributed by atoms with E-state index in [1.54, 1.807) is 11.8 Å². The molecule has 2 rings (SSSR count). The average molecular weight is 222 g/mol. The molecule has 2 aromatic rings. The first-order valence-corrected chi connectivity index (χ1v) is 5.34. The number of hydrogen-bond acceptors (Lipinski definition) is 6. The summed E-state index contributed by atoms with van der Waals surface area (Å²) < 4.78 is 4.79. The molecule has 6 heteroatoms. The lowest BCUT2D eigenvalue weighted by molar-refractivity contribution is 0.425. The molecule has 0 aliphatic heterocycles. The van der Waals surface area contributed by atoms with Crippen LogP contribution in [0.1, 0.15) is 5.82 Å². The summed E-state index contributed by atoms with van der Waals surface area (Å²) in [6.07, 6.45) is 0. The van der Waals surface area contributed by atoms with Crippen LogP contribution in [0.2, 0.25) is 0 Å². The Morgan fingerprint density at radius 3 is 2.80 bits per heavy atom. The van der Waals surface area contributed by atoms with Gasteiger partial charge >= 0.3 is 6.01 Å². The van der Waals surface area contributed by atoms with Gasteiger partial charge in [-0.05, 0) is 12.1 Å². The molecule has 0 unspecified atom stereocenters.